The van der Waals surface area contributed by atoms with Gasteiger partial charge in [-0.2, -0.15) is 13.2 Å². The minimum absolute atomic E-state index is 0.0292. The van der Waals surface area contributed by atoms with Crippen LogP contribution in [-0.4, -0.2) is 51.5 Å². The van der Waals surface area contributed by atoms with Crippen molar-refractivity contribution in [2.75, 3.05) is 19.6 Å². The number of nitrogens with zero attached hydrogens (tertiary/aromatic N) is 4. The van der Waals surface area contributed by atoms with Gasteiger partial charge in [0.2, 0.25) is 0 Å². The first-order valence-electron chi connectivity index (χ1n) is 11.7. The largest absolute Gasteiger partial charge is 0.416 e. The van der Waals surface area contributed by atoms with Gasteiger partial charge in [-0.3, -0.25) is 4.79 Å². The molecule has 0 saturated carbocycles. The first-order chi connectivity index (χ1) is 16.8. The minimum Gasteiger partial charge on any atom is -0.348 e. The quantitative estimate of drug-likeness (QED) is 0.433. The van der Waals surface area contributed by atoms with Crippen molar-refractivity contribution < 1.29 is 18.0 Å². The van der Waals surface area contributed by atoms with Crippen LogP contribution in [0, 0.1) is 0 Å². The predicted octanol–water partition coefficient (Wildman–Crippen LogP) is 5.06. The number of hydrogen-bond donors (Lipinski definition) is 1. The molecule has 1 aromatic heterocycles. The van der Waals surface area contributed by atoms with Gasteiger partial charge in [-0.1, -0.05) is 35.5 Å². The van der Waals surface area contributed by atoms with Crippen molar-refractivity contribution in [3.8, 4) is 0 Å². The van der Waals surface area contributed by atoms with Crippen LogP contribution in [0.4, 0.5) is 13.2 Å². The average Bonchev–Trinajstić information content (AvgIpc) is 3.27. The number of rotatable bonds is 5. The Labute approximate surface area is 200 Å². The van der Waals surface area contributed by atoms with Crippen LogP contribution in [0.1, 0.15) is 41.7 Å². The van der Waals surface area contributed by atoms with E-state index in [9.17, 15) is 18.0 Å². The zero-order valence-corrected chi connectivity index (χ0v) is 19.3. The minimum atomic E-state index is -4.40. The summed E-state index contributed by atoms with van der Waals surface area (Å²) in [4.78, 5) is 15.0. The van der Waals surface area contributed by atoms with Crippen LogP contribution in [0.3, 0.4) is 0 Å². The van der Waals surface area contributed by atoms with Gasteiger partial charge in [-0.25, -0.2) is 4.68 Å². The molecule has 0 bridgehead atoms. The Balaban J connectivity index is 1.16. The van der Waals surface area contributed by atoms with Crippen molar-refractivity contribution in [1.29, 1.82) is 0 Å². The summed E-state index contributed by atoms with van der Waals surface area (Å²) in [5, 5.41) is 13.3. The summed E-state index contributed by atoms with van der Waals surface area (Å²) in [5.41, 5.74) is 0.798. The van der Waals surface area contributed by atoms with Gasteiger partial charge in [0.25, 0.3) is 5.91 Å². The molecule has 35 heavy (non-hydrogen) atoms. The Bertz CT molecular complexity index is 1360. The summed E-state index contributed by atoms with van der Waals surface area (Å²) in [7, 11) is 0. The molecule has 1 aliphatic heterocycles. The summed E-state index contributed by atoms with van der Waals surface area (Å²) < 4.78 is 40.7. The Morgan fingerprint density at radius 1 is 1.06 bits per heavy atom. The smallest absolute Gasteiger partial charge is 0.348 e. The molecule has 0 radical (unpaired) electrons. The van der Waals surface area contributed by atoms with Gasteiger partial charge in [-0.15, -0.1) is 5.10 Å². The molecule has 1 atom stereocenters. The molecule has 3 aromatic carbocycles. The lowest BCUT2D eigenvalue weighted by atomic mass is 10.0. The summed E-state index contributed by atoms with van der Waals surface area (Å²) in [6.45, 7) is 4.33. The number of alkyl halides is 3. The van der Waals surface area contributed by atoms with E-state index in [-0.39, 0.29) is 23.5 Å². The standard InChI is InChI=1S/C26H26F3N5O/c1-17(30-25(35)20-7-6-18-4-2-3-5-19(18)14-20)16-33-12-10-22(11-13-33)34-24-9-8-21(26(27,28)29)15-23(24)31-32-34/h2-9,14-15,17,22H,10-13,16H2,1H3,(H,30,35)/t17-/m0/s1. The van der Waals surface area contributed by atoms with Crippen molar-refractivity contribution in [3.63, 3.8) is 0 Å². The van der Waals surface area contributed by atoms with Crippen LogP contribution in [0.5, 0.6) is 0 Å². The molecule has 182 valence electrons. The highest BCUT2D eigenvalue weighted by atomic mass is 19.4. The van der Waals surface area contributed by atoms with Crippen molar-refractivity contribution in [1.82, 2.24) is 25.2 Å². The fourth-order valence-corrected chi connectivity index (χ4v) is 4.80. The highest BCUT2D eigenvalue weighted by Gasteiger charge is 2.31. The zero-order chi connectivity index (χ0) is 24.6. The second-order valence-electron chi connectivity index (χ2n) is 9.20. The first kappa shape index (κ1) is 23.3. The monoisotopic (exact) mass is 481 g/mol. The van der Waals surface area contributed by atoms with E-state index in [4.69, 9.17) is 0 Å². The fourth-order valence-electron chi connectivity index (χ4n) is 4.80. The lowest BCUT2D eigenvalue weighted by Gasteiger charge is -2.33. The molecule has 1 fully saturated rings. The molecule has 0 spiro atoms. The maximum Gasteiger partial charge on any atom is 0.416 e. The molecular weight excluding hydrogens is 455 g/mol. The number of nitrogens with one attached hydrogen (secondary N) is 1. The Hall–Kier alpha value is -3.46. The average molecular weight is 482 g/mol. The second-order valence-corrected chi connectivity index (χ2v) is 9.20. The summed E-state index contributed by atoms with van der Waals surface area (Å²) in [6.07, 6.45) is -2.78. The van der Waals surface area contributed by atoms with Crippen molar-refractivity contribution in [2.45, 2.75) is 38.0 Å². The molecule has 4 aromatic rings. The topological polar surface area (TPSA) is 63.1 Å². The number of hydrogen-bond acceptors (Lipinski definition) is 4. The third-order valence-corrected chi connectivity index (χ3v) is 6.62. The van der Waals surface area contributed by atoms with E-state index in [1.165, 1.54) is 6.07 Å². The Morgan fingerprint density at radius 2 is 1.80 bits per heavy atom. The van der Waals surface area contributed by atoms with Crippen molar-refractivity contribution in [2.24, 2.45) is 0 Å². The Morgan fingerprint density at radius 3 is 2.54 bits per heavy atom. The van der Waals surface area contributed by atoms with Gasteiger partial charge in [-0.05, 0) is 60.9 Å². The number of piperidine rings is 1. The van der Waals surface area contributed by atoms with Crippen LogP contribution >= 0.6 is 0 Å². The van der Waals surface area contributed by atoms with E-state index in [0.717, 1.165) is 55.4 Å². The highest BCUT2D eigenvalue weighted by molar-refractivity contribution is 5.98. The van der Waals surface area contributed by atoms with Crippen molar-refractivity contribution >= 4 is 27.7 Å². The van der Waals surface area contributed by atoms with Gasteiger partial charge in [0.1, 0.15) is 5.52 Å². The number of benzene rings is 3. The second kappa shape index (κ2) is 9.30. The van der Waals surface area contributed by atoms with Crippen LogP contribution in [0.15, 0.2) is 60.7 Å². The highest BCUT2D eigenvalue weighted by Crippen LogP contribution is 2.32. The maximum absolute atomic E-state index is 13.0. The molecule has 1 saturated heterocycles. The predicted molar refractivity (Wildman–Crippen MR) is 128 cm³/mol. The van der Waals surface area contributed by atoms with E-state index in [1.54, 1.807) is 4.68 Å². The van der Waals surface area contributed by atoms with Gasteiger partial charge >= 0.3 is 6.18 Å². The normalized spacial score (nSPS) is 16.6. The maximum atomic E-state index is 13.0. The molecule has 0 aliphatic carbocycles. The molecule has 1 amide bonds. The van der Waals surface area contributed by atoms with Crippen LogP contribution < -0.4 is 5.32 Å². The van der Waals surface area contributed by atoms with Gasteiger partial charge < -0.3 is 10.2 Å². The molecule has 2 heterocycles. The molecular formula is C26H26F3N5O. The number of carbonyl (C=O) groups is 1. The van der Waals surface area contributed by atoms with E-state index >= 15 is 0 Å². The third-order valence-electron chi connectivity index (χ3n) is 6.62. The van der Waals surface area contributed by atoms with E-state index in [2.05, 4.69) is 20.5 Å². The number of carbonyl (C=O) groups excluding carboxylic acids is 1. The zero-order valence-electron chi connectivity index (χ0n) is 19.3. The summed E-state index contributed by atoms with van der Waals surface area (Å²) >= 11 is 0. The molecule has 1 N–H and O–H groups in total. The molecule has 1 aliphatic rings. The van der Waals surface area contributed by atoms with Crippen LogP contribution in [0.2, 0.25) is 0 Å². The molecule has 6 nitrogen and oxygen atoms in total. The van der Waals surface area contributed by atoms with Gasteiger partial charge in [0.15, 0.2) is 0 Å². The van der Waals surface area contributed by atoms with Crippen LogP contribution in [0.25, 0.3) is 21.8 Å². The van der Waals surface area contributed by atoms with E-state index < -0.39 is 11.7 Å². The number of amides is 1. The number of aromatic nitrogens is 3. The lowest BCUT2D eigenvalue weighted by molar-refractivity contribution is -0.137. The van der Waals surface area contributed by atoms with Gasteiger partial charge in [0, 0.05) is 31.2 Å². The molecule has 9 heteroatoms. The number of halogens is 3. The molecule has 0 unspecified atom stereocenters. The lowest BCUT2D eigenvalue weighted by Crippen LogP contribution is -2.45. The Kier molecular flexibility index (Phi) is 6.19. The molecule has 5 rings (SSSR count). The SMILES string of the molecule is C[C@@H](CN1CCC(n2nnc3cc(C(F)(F)F)ccc32)CC1)NC(=O)c1ccc2ccccc2c1. The van der Waals surface area contributed by atoms with E-state index in [0.29, 0.717) is 11.1 Å². The van der Waals surface area contributed by atoms with Gasteiger partial charge in [0.05, 0.1) is 17.1 Å². The number of likely N-dealkylation sites (tertiary alicyclic amines) is 1. The van der Waals surface area contributed by atoms with Crippen molar-refractivity contribution in [3.05, 3.63) is 71.8 Å². The number of fused-ring (bicyclic) bond motifs is 2. The summed E-state index contributed by atoms with van der Waals surface area (Å²) in [6, 6.07) is 17.3. The summed E-state index contributed by atoms with van der Waals surface area (Å²) in [5.74, 6) is -0.0922. The van der Waals surface area contributed by atoms with Crippen LogP contribution in [-0.2, 0) is 6.18 Å². The fraction of sp³-hybridized carbons (Fsp3) is 0.346. The first-order valence-corrected chi connectivity index (χ1v) is 11.7. The third kappa shape index (κ3) is 5.00. The van der Waals surface area contributed by atoms with E-state index in [1.807, 2.05) is 49.4 Å².